The fraction of sp³-hybridized carbons (Fsp3) is 0.182. The minimum Gasteiger partial charge on any atom is -0.0622 e. The molecule has 0 aliphatic rings. The van der Waals surface area contributed by atoms with Crippen molar-refractivity contribution in [2.75, 3.05) is 0 Å². The summed E-state index contributed by atoms with van der Waals surface area (Å²) in [4.78, 5) is 0. The molecule has 0 saturated carbocycles. The molecule has 0 aromatic heterocycles. The highest BCUT2D eigenvalue weighted by atomic mass is 14.2. The number of hydrogen-bond donors (Lipinski definition) is 0. The summed E-state index contributed by atoms with van der Waals surface area (Å²) in [5.74, 6) is 0. The van der Waals surface area contributed by atoms with Gasteiger partial charge < -0.3 is 0 Å². The topological polar surface area (TPSA) is 0 Å². The van der Waals surface area contributed by atoms with Gasteiger partial charge in [0.2, 0.25) is 0 Å². The summed E-state index contributed by atoms with van der Waals surface area (Å²) in [5.41, 5.74) is 15.2. The molecular weight excluding hydrogens is 528 g/mol. The highest BCUT2D eigenvalue weighted by Crippen LogP contribution is 2.38. The second-order valence-corrected chi connectivity index (χ2v) is 14.0. The van der Waals surface area contributed by atoms with Gasteiger partial charge in [-0.05, 0) is 114 Å². The zero-order valence-electron chi connectivity index (χ0n) is 26.9. The second kappa shape index (κ2) is 11.8. The number of rotatable bonds is 5. The summed E-state index contributed by atoms with van der Waals surface area (Å²) in [7, 11) is 0. The van der Waals surface area contributed by atoms with Crippen LogP contribution in [0.5, 0.6) is 0 Å². The lowest BCUT2D eigenvalue weighted by Gasteiger charge is -2.20. The summed E-state index contributed by atoms with van der Waals surface area (Å²) in [5, 5.41) is 0. The van der Waals surface area contributed by atoms with Gasteiger partial charge in [0.05, 0.1) is 0 Å². The zero-order valence-corrected chi connectivity index (χ0v) is 26.9. The molecule has 44 heavy (non-hydrogen) atoms. The largest absolute Gasteiger partial charge is 0.0622 e. The third-order valence-electron chi connectivity index (χ3n) is 8.58. The predicted octanol–water partition coefficient (Wildman–Crippen LogP) is 12.6. The Labute approximate surface area is 264 Å². The van der Waals surface area contributed by atoms with Gasteiger partial charge in [0.25, 0.3) is 0 Å². The Balaban J connectivity index is 1.55. The smallest absolute Gasteiger partial charge is 0.0132 e. The first-order valence-electron chi connectivity index (χ1n) is 15.7. The molecule has 0 aliphatic heterocycles. The Morgan fingerprint density at radius 1 is 0.250 bits per heavy atom. The molecule has 6 rings (SSSR count). The maximum absolute atomic E-state index is 2.36. The van der Waals surface area contributed by atoms with Crippen LogP contribution in [-0.2, 0) is 10.8 Å². The molecular formula is C44H42. The molecule has 0 amide bonds. The number of benzene rings is 6. The molecule has 6 aromatic carbocycles. The van der Waals surface area contributed by atoms with Crippen molar-refractivity contribution in [3.63, 3.8) is 0 Å². The van der Waals surface area contributed by atoms with Crippen molar-refractivity contribution >= 4 is 0 Å². The summed E-state index contributed by atoms with van der Waals surface area (Å²) in [6, 6.07) is 53.7. The van der Waals surface area contributed by atoms with Crippen LogP contribution in [0.2, 0.25) is 0 Å². The van der Waals surface area contributed by atoms with Crippen LogP contribution in [0.3, 0.4) is 0 Å². The Morgan fingerprint density at radius 3 is 0.727 bits per heavy atom. The molecule has 0 aliphatic carbocycles. The quantitative estimate of drug-likeness (QED) is 0.193. The van der Waals surface area contributed by atoms with Crippen LogP contribution in [0.25, 0.3) is 55.6 Å². The van der Waals surface area contributed by atoms with Crippen molar-refractivity contribution in [1.29, 1.82) is 0 Å². The minimum absolute atomic E-state index is 0.117. The van der Waals surface area contributed by atoms with Crippen LogP contribution in [0.15, 0.2) is 146 Å². The highest BCUT2D eigenvalue weighted by Gasteiger charge is 2.16. The van der Waals surface area contributed by atoms with Gasteiger partial charge in [0.1, 0.15) is 0 Å². The standard InChI is InChI=1S/C44H42/c1-43(2,3)41-21-17-33(18-22-41)37-26-38(34-19-23-42(24-20-34)44(4,5)6)30-40(29-37)39-27-35(31-13-9-7-10-14-31)25-36(28-39)32-15-11-8-12-16-32/h7-30H,1-6H3. The third kappa shape index (κ3) is 6.46. The van der Waals surface area contributed by atoms with Crippen molar-refractivity contribution in [2.24, 2.45) is 0 Å². The SMILES string of the molecule is CC(C)(C)c1ccc(-c2cc(-c3ccc(C(C)(C)C)cc3)cc(-c3cc(-c4ccccc4)cc(-c4ccccc4)c3)c2)cc1. The minimum atomic E-state index is 0.117. The van der Waals surface area contributed by atoms with Crippen LogP contribution in [0, 0.1) is 0 Å². The van der Waals surface area contributed by atoms with Crippen molar-refractivity contribution in [3.8, 4) is 55.6 Å². The van der Waals surface area contributed by atoms with E-state index in [2.05, 4.69) is 187 Å². The first-order valence-corrected chi connectivity index (χ1v) is 15.7. The molecule has 0 radical (unpaired) electrons. The Kier molecular flexibility index (Phi) is 7.87. The van der Waals surface area contributed by atoms with Gasteiger partial charge in [0.15, 0.2) is 0 Å². The van der Waals surface area contributed by atoms with E-state index in [4.69, 9.17) is 0 Å². The van der Waals surface area contributed by atoms with E-state index < -0.39 is 0 Å². The molecule has 0 unspecified atom stereocenters. The van der Waals surface area contributed by atoms with E-state index in [0.717, 1.165) is 0 Å². The van der Waals surface area contributed by atoms with Gasteiger partial charge in [-0.1, -0.05) is 151 Å². The molecule has 0 bridgehead atoms. The third-order valence-corrected chi connectivity index (χ3v) is 8.58. The van der Waals surface area contributed by atoms with Gasteiger partial charge in [-0.3, -0.25) is 0 Å². The predicted molar refractivity (Wildman–Crippen MR) is 191 cm³/mol. The maximum atomic E-state index is 2.36. The average molecular weight is 571 g/mol. The van der Waals surface area contributed by atoms with Gasteiger partial charge in [-0.15, -0.1) is 0 Å². The van der Waals surface area contributed by atoms with Crippen LogP contribution in [0.4, 0.5) is 0 Å². The molecule has 0 saturated heterocycles. The lowest BCUT2D eigenvalue weighted by Crippen LogP contribution is -2.10. The molecule has 0 nitrogen and oxygen atoms in total. The molecule has 6 aromatic rings. The summed E-state index contributed by atoms with van der Waals surface area (Å²) in [6.45, 7) is 13.6. The van der Waals surface area contributed by atoms with Gasteiger partial charge in [-0.2, -0.15) is 0 Å². The fourth-order valence-electron chi connectivity index (χ4n) is 5.84. The van der Waals surface area contributed by atoms with E-state index in [0.29, 0.717) is 0 Å². The molecule has 0 heterocycles. The normalized spacial score (nSPS) is 11.9. The zero-order chi connectivity index (χ0) is 30.9. The van der Waals surface area contributed by atoms with Crippen LogP contribution in [0.1, 0.15) is 52.7 Å². The molecule has 0 atom stereocenters. The fourth-order valence-corrected chi connectivity index (χ4v) is 5.84. The van der Waals surface area contributed by atoms with E-state index >= 15 is 0 Å². The van der Waals surface area contributed by atoms with E-state index in [1.54, 1.807) is 0 Å². The van der Waals surface area contributed by atoms with Gasteiger partial charge in [0, 0.05) is 0 Å². The molecule has 0 fully saturated rings. The van der Waals surface area contributed by atoms with E-state index in [1.807, 2.05) is 0 Å². The summed E-state index contributed by atoms with van der Waals surface area (Å²) >= 11 is 0. The first kappa shape index (κ1) is 29.4. The lowest BCUT2D eigenvalue weighted by atomic mass is 9.85. The Hall–Kier alpha value is -4.68. The van der Waals surface area contributed by atoms with Crippen molar-refractivity contribution in [3.05, 3.63) is 157 Å². The molecule has 0 N–H and O–H groups in total. The monoisotopic (exact) mass is 570 g/mol. The maximum Gasteiger partial charge on any atom is -0.0132 e. The van der Waals surface area contributed by atoms with Crippen LogP contribution in [-0.4, -0.2) is 0 Å². The van der Waals surface area contributed by atoms with Crippen molar-refractivity contribution < 1.29 is 0 Å². The van der Waals surface area contributed by atoms with E-state index in [1.165, 1.54) is 66.8 Å². The Bertz CT molecular complexity index is 1730. The van der Waals surface area contributed by atoms with Crippen molar-refractivity contribution in [2.45, 2.75) is 52.4 Å². The van der Waals surface area contributed by atoms with Crippen LogP contribution >= 0.6 is 0 Å². The van der Waals surface area contributed by atoms with E-state index in [9.17, 15) is 0 Å². The first-order chi connectivity index (χ1) is 21.0. The van der Waals surface area contributed by atoms with Crippen molar-refractivity contribution in [1.82, 2.24) is 0 Å². The molecule has 218 valence electrons. The number of hydrogen-bond acceptors (Lipinski definition) is 0. The molecule has 0 spiro atoms. The molecule has 0 heteroatoms. The highest BCUT2D eigenvalue weighted by molar-refractivity contribution is 5.86. The Morgan fingerprint density at radius 2 is 0.477 bits per heavy atom. The van der Waals surface area contributed by atoms with E-state index in [-0.39, 0.29) is 10.8 Å². The second-order valence-electron chi connectivity index (χ2n) is 14.0. The summed E-state index contributed by atoms with van der Waals surface area (Å²) < 4.78 is 0. The van der Waals surface area contributed by atoms with Gasteiger partial charge >= 0.3 is 0 Å². The van der Waals surface area contributed by atoms with Gasteiger partial charge in [-0.25, -0.2) is 0 Å². The van der Waals surface area contributed by atoms with Crippen LogP contribution < -0.4 is 0 Å². The summed E-state index contributed by atoms with van der Waals surface area (Å²) in [6.07, 6.45) is 0. The average Bonchev–Trinajstić information content (AvgIpc) is 3.04. The lowest BCUT2D eigenvalue weighted by molar-refractivity contribution is 0.590.